The third-order valence-corrected chi connectivity index (χ3v) is 7.75. The molecule has 0 unspecified atom stereocenters. The minimum Gasteiger partial charge on any atom is -0.354 e. The highest BCUT2D eigenvalue weighted by molar-refractivity contribution is 5.96. The Bertz CT molecular complexity index is 1030. The molecule has 2 N–H and O–H groups in total. The molecule has 1 saturated heterocycles. The summed E-state index contributed by atoms with van der Waals surface area (Å²) < 4.78 is 0. The van der Waals surface area contributed by atoms with Gasteiger partial charge < -0.3 is 20.4 Å². The van der Waals surface area contributed by atoms with Crippen LogP contribution in [0.2, 0.25) is 0 Å². The number of hydrogen-bond donors (Lipinski definition) is 2. The van der Waals surface area contributed by atoms with Crippen LogP contribution in [0, 0.1) is 18.8 Å². The van der Waals surface area contributed by atoms with Crippen LogP contribution in [0.15, 0.2) is 24.3 Å². The van der Waals surface area contributed by atoms with E-state index in [-0.39, 0.29) is 30.7 Å². The molecule has 1 aromatic heterocycles. The zero-order valence-corrected chi connectivity index (χ0v) is 21.1. The van der Waals surface area contributed by atoms with Crippen molar-refractivity contribution in [3.05, 3.63) is 29.8 Å². The van der Waals surface area contributed by atoms with E-state index >= 15 is 0 Å². The molecule has 0 bridgehead atoms. The van der Waals surface area contributed by atoms with Crippen LogP contribution >= 0.6 is 0 Å². The average Bonchev–Trinajstić information content (AvgIpc) is 2.81. The van der Waals surface area contributed by atoms with E-state index in [1.165, 1.54) is 6.42 Å². The van der Waals surface area contributed by atoms with Crippen molar-refractivity contribution >= 4 is 34.2 Å². The molecule has 0 radical (unpaired) electrons. The number of amides is 2. The summed E-state index contributed by atoms with van der Waals surface area (Å²) >= 11 is 0. The number of nitrogens with one attached hydrogen (secondary N) is 2. The molecule has 4 rings (SSSR count). The van der Waals surface area contributed by atoms with E-state index in [1.807, 2.05) is 18.2 Å². The molecule has 3 atom stereocenters. The Morgan fingerprint density at radius 3 is 2.53 bits per heavy atom. The summed E-state index contributed by atoms with van der Waals surface area (Å²) in [6.45, 7) is 10.6. The minimum absolute atomic E-state index is 0.0314. The SMILES string of the molecule is Cc1cc(N2CCN(C)CC2)nc2ccc(NC(=O)CCC(=O)N[C@@H]3CCC[C@H](C)[C@@H]3C)cc12. The van der Waals surface area contributed by atoms with E-state index < -0.39 is 0 Å². The third-order valence-electron chi connectivity index (χ3n) is 7.75. The summed E-state index contributed by atoms with van der Waals surface area (Å²) in [5.74, 6) is 1.96. The smallest absolute Gasteiger partial charge is 0.224 e. The molecule has 1 saturated carbocycles. The molecule has 34 heavy (non-hydrogen) atoms. The fraction of sp³-hybridized carbons (Fsp3) is 0.593. The second-order valence-corrected chi connectivity index (χ2v) is 10.3. The van der Waals surface area contributed by atoms with Crippen LogP contribution in [-0.2, 0) is 9.59 Å². The van der Waals surface area contributed by atoms with Crippen molar-refractivity contribution in [2.45, 2.75) is 58.9 Å². The number of carbonyl (C=O) groups is 2. The van der Waals surface area contributed by atoms with E-state index in [4.69, 9.17) is 4.98 Å². The second-order valence-electron chi connectivity index (χ2n) is 10.3. The van der Waals surface area contributed by atoms with Gasteiger partial charge in [-0.1, -0.05) is 26.7 Å². The maximum atomic E-state index is 12.5. The number of likely N-dealkylation sites (N-methyl/N-ethyl adjacent to an activating group) is 1. The second kappa shape index (κ2) is 10.7. The van der Waals surface area contributed by atoms with Crippen LogP contribution < -0.4 is 15.5 Å². The highest BCUT2D eigenvalue weighted by Crippen LogP contribution is 2.29. The number of carbonyl (C=O) groups excluding carboxylic acids is 2. The summed E-state index contributed by atoms with van der Waals surface area (Å²) in [4.78, 5) is 34.5. The third kappa shape index (κ3) is 5.87. The fourth-order valence-electron chi connectivity index (χ4n) is 5.17. The first-order valence-corrected chi connectivity index (χ1v) is 12.7. The molecule has 2 amide bonds. The molecule has 2 fully saturated rings. The largest absolute Gasteiger partial charge is 0.354 e. The van der Waals surface area contributed by atoms with Gasteiger partial charge in [-0.05, 0) is 62.1 Å². The number of anilines is 2. The molecular formula is C27H39N5O2. The van der Waals surface area contributed by atoms with Gasteiger partial charge in [-0.2, -0.15) is 0 Å². The normalized spacial score (nSPS) is 23.6. The maximum absolute atomic E-state index is 12.5. The Morgan fingerprint density at radius 1 is 1.03 bits per heavy atom. The van der Waals surface area contributed by atoms with Gasteiger partial charge >= 0.3 is 0 Å². The number of piperazine rings is 1. The Hall–Kier alpha value is -2.67. The quantitative estimate of drug-likeness (QED) is 0.675. The van der Waals surface area contributed by atoms with Gasteiger partial charge in [0.1, 0.15) is 5.82 Å². The first-order chi connectivity index (χ1) is 16.3. The fourth-order valence-corrected chi connectivity index (χ4v) is 5.17. The van der Waals surface area contributed by atoms with Gasteiger partial charge in [-0.15, -0.1) is 0 Å². The Kier molecular flexibility index (Phi) is 7.71. The van der Waals surface area contributed by atoms with Crippen LogP contribution in [-0.4, -0.2) is 61.0 Å². The van der Waals surface area contributed by atoms with E-state index in [1.54, 1.807) is 0 Å². The highest BCUT2D eigenvalue weighted by Gasteiger charge is 2.28. The van der Waals surface area contributed by atoms with Crippen LogP contribution in [0.25, 0.3) is 10.9 Å². The number of pyridine rings is 1. The van der Waals surface area contributed by atoms with Crippen molar-refractivity contribution in [1.29, 1.82) is 0 Å². The van der Waals surface area contributed by atoms with Crippen molar-refractivity contribution in [2.24, 2.45) is 11.8 Å². The van der Waals surface area contributed by atoms with Gasteiger partial charge in [0.2, 0.25) is 11.8 Å². The van der Waals surface area contributed by atoms with Gasteiger partial charge in [0.05, 0.1) is 5.52 Å². The standard InChI is InChI=1S/C27H39N5O2/c1-18-6-5-7-23(20(18)3)30-27(34)11-10-26(33)28-21-8-9-24-22(17-21)19(2)16-25(29-24)32-14-12-31(4)13-15-32/h8-9,16-18,20,23H,5-7,10-15H2,1-4H3,(H,28,33)(H,30,34)/t18-,20-,23+/m0/s1. The summed E-state index contributed by atoms with van der Waals surface area (Å²) in [5, 5.41) is 7.14. The van der Waals surface area contributed by atoms with Gasteiger partial charge in [0, 0.05) is 56.1 Å². The van der Waals surface area contributed by atoms with E-state index in [0.717, 1.165) is 67.0 Å². The summed E-state index contributed by atoms with van der Waals surface area (Å²) in [6.07, 6.45) is 3.81. The number of nitrogens with zero attached hydrogens (tertiary/aromatic N) is 3. The van der Waals surface area contributed by atoms with Gasteiger partial charge in [0.25, 0.3) is 0 Å². The molecule has 1 aromatic carbocycles. The molecule has 184 valence electrons. The Morgan fingerprint density at radius 2 is 1.76 bits per heavy atom. The molecular weight excluding hydrogens is 426 g/mol. The zero-order chi connectivity index (χ0) is 24.2. The number of aromatic nitrogens is 1. The molecule has 7 nitrogen and oxygen atoms in total. The lowest BCUT2D eigenvalue weighted by molar-refractivity contribution is -0.125. The monoisotopic (exact) mass is 465 g/mol. The Labute approximate surface area is 203 Å². The lowest BCUT2D eigenvalue weighted by Crippen LogP contribution is -2.44. The van der Waals surface area contributed by atoms with Gasteiger partial charge in [-0.25, -0.2) is 4.98 Å². The number of fused-ring (bicyclic) bond motifs is 1. The molecule has 1 aliphatic carbocycles. The van der Waals surface area contributed by atoms with Gasteiger partial charge in [0.15, 0.2) is 0 Å². The summed E-state index contributed by atoms with van der Waals surface area (Å²) in [5.41, 5.74) is 2.82. The number of rotatable bonds is 6. The number of aryl methyl sites for hydroxylation is 1. The molecule has 7 heteroatoms. The van der Waals surface area contributed by atoms with Crippen molar-refractivity contribution in [3.8, 4) is 0 Å². The van der Waals surface area contributed by atoms with Crippen LogP contribution in [0.4, 0.5) is 11.5 Å². The predicted octanol–water partition coefficient (Wildman–Crippen LogP) is 3.95. The average molecular weight is 466 g/mol. The van der Waals surface area contributed by atoms with Crippen molar-refractivity contribution in [2.75, 3.05) is 43.4 Å². The minimum atomic E-state index is -0.140. The highest BCUT2D eigenvalue weighted by atomic mass is 16.2. The van der Waals surface area contributed by atoms with E-state index in [0.29, 0.717) is 11.8 Å². The van der Waals surface area contributed by atoms with Crippen molar-refractivity contribution in [1.82, 2.24) is 15.2 Å². The lowest BCUT2D eigenvalue weighted by atomic mass is 9.78. The lowest BCUT2D eigenvalue weighted by Gasteiger charge is -2.34. The van der Waals surface area contributed by atoms with Crippen molar-refractivity contribution in [3.63, 3.8) is 0 Å². The maximum Gasteiger partial charge on any atom is 0.224 e. The van der Waals surface area contributed by atoms with Crippen molar-refractivity contribution < 1.29 is 9.59 Å². The van der Waals surface area contributed by atoms with Crippen LogP contribution in [0.5, 0.6) is 0 Å². The van der Waals surface area contributed by atoms with E-state index in [2.05, 4.69) is 54.3 Å². The molecule has 0 spiro atoms. The van der Waals surface area contributed by atoms with Crippen LogP contribution in [0.1, 0.15) is 51.5 Å². The number of hydrogen-bond acceptors (Lipinski definition) is 5. The molecule has 1 aliphatic heterocycles. The topological polar surface area (TPSA) is 77.6 Å². The first-order valence-electron chi connectivity index (χ1n) is 12.7. The first kappa shape index (κ1) is 24.5. The predicted molar refractivity (Wildman–Crippen MR) is 138 cm³/mol. The zero-order valence-electron chi connectivity index (χ0n) is 21.1. The van der Waals surface area contributed by atoms with E-state index in [9.17, 15) is 9.59 Å². The molecule has 2 aliphatic rings. The summed E-state index contributed by atoms with van der Waals surface area (Å²) in [7, 11) is 2.15. The Balaban J connectivity index is 1.32. The molecule has 2 aromatic rings. The number of benzene rings is 1. The van der Waals surface area contributed by atoms with Gasteiger partial charge in [-0.3, -0.25) is 9.59 Å². The molecule has 2 heterocycles. The van der Waals surface area contributed by atoms with Crippen LogP contribution in [0.3, 0.4) is 0 Å². The summed E-state index contributed by atoms with van der Waals surface area (Å²) in [6, 6.07) is 8.21.